The van der Waals surface area contributed by atoms with Crippen molar-refractivity contribution >= 4 is 11.5 Å². The number of hydrogen-bond acceptors (Lipinski definition) is 5. The number of phenolic OH excluding ortho intramolecular Hbond substituents is 1. The van der Waals surface area contributed by atoms with E-state index in [-0.39, 0.29) is 23.2 Å². The number of nitrogens with zero attached hydrogens (tertiary/aromatic N) is 2. The van der Waals surface area contributed by atoms with E-state index in [1.54, 1.807) is 6.07 Å². The van der Waals surface area contributed by atoms with Crippen LogP contribution >= 0.6 is 0 Å². The maximum atomic E-state index is 10.8. The minimum absolute atomic E-state index is 0.190. The molecule has 0 amide bonds. The lowest BCUT2D eigenvalue weighted by Gasteiger charge is -2.57. The second kappa shape index (κ2) is 9.29. The second-order valence-corrected chi connectivity index (χ2v) is 10.9. The summed E-state index contributed by atoms with van der Waals surface area (Å²) in [5, 5.41) is 24.9. The Hall–Kier alpha value is -3.61. The van der Waals surface area contributed by atoms with Gasteiger partial charge in [0.15, 0.2) is 11.5 Å². The Morgan fingerprint density at radius 1 is 1.03 bits per heavy atom. The zero-order valence-electron chi connectivity index (χ0n) is 21.3. The van der Waals surface area contributed by atoms with Crippen molar-refractivity contribution in [3.8, 4) is 11.5 Å². The molecule has 2 bridgehead atoms. The van der Waals surface area contributed by atoms with E-state index in [4.69, 9.17) is 9.73 Å². The molecule has 3 N–H and O–H groups in total. The third-order valence-electron chi connectivity index (χ3n) is 8.94. The molecule has 7 rings (SSSR count). The molecule has 5 atom stereocenters. The first-order chi connectivity index (χ1) is 18.6. The molecular formula is C32H33N3O3. The number of nitrogens with one attached hydrogen (secondary N) is 1. The van der Waals surface area contributed by atoms with E-state index >= 15 is 0 Å². The van der Waals surface area contributed by atoms with Gasteiger partial charge in [0, 0.05) is 47.3 Å². The fourth-order valence-corrected chi connectivity index (χ4v) is 7.33. The summed E-state index contributed by atoms with van der Waals surface area (Å²) in [5.74, 6) is 1.95. The van der Waals surface area contributed by atoms with Crippen molar-refractivity contribution in [2.75, 3.05) is 25.0 Å². The minimum atomic E-state index is -0.654. The summed E-state index contributed by atoms with van der Waals surface area (Å²) in [4.78, 5) is 7.61. The number of ether oxygens (including phenoxy) is 1. The smallest absolute Gasteiger partial charge is 0.165 e. The molecular weight excluding hydrogens is 474 g/mol. The van der Waals surface area contributed by atoms with Gasteiger partial charge in [0.05, 0.1) is 0 Å². The van der Waals surface area contributed by atoms with Crippen molar-refractivity contribution in [2.24, 2.45) is 10.9 Å². The molecule has 194 valence electrons. The standard InChI is InChI=1S/C32H33N3O3/c36-26-14-12-22-20-25-24-13-15-27(37)30-32(24,28(22)29(26)38-30)16-19-35(25)18-7-17-33-31(21-8-3-1-4-9-21)34-23-10-5-2-6-11-23/h1-6,8-15,24-25,27,30,36-37H,7,16-20H2,(H,33,34)/t24?,25-,27+,30+,32?/m1/s1. The number of rotatable bonds is 6. The molecule has 1 spiro atoms. The number of phenols is 1. The summed E-state index contributed by atoms with van der Waals surface area (Å²) in [6.07, 6.45) is 5.95. The predicted molar refractivity (Wildman–Crippen MR) is 149 cm³/mol. The molecule has 1 saturated heterocycles. The van der Waals surface area contributed by atoms with Crippen LogP contribution in [0.1, 0.15) is 29.5 Å². The van der Waals surface area contributed by atoms with Gasteiger partial charge < -0.3 is 20.3 Å². The SMILES string of the molecule is Oc1ccc2c3c1O[C@H]1[C@@H](O)C=CC4[C@@H](C2)N(CCCN=C(Nc2ccccc2)c2ccccc2)CCC341. The van der Waals surface area contributed by atoms with Crippen LogP contribution in [0.4, 0.5) is 5.69 Å². The maximum Gasteiger partial charge on any atom is 0.165 e. The van der Waals surface area contributed by atoms with Gasteiger partial charge in [0.25, 0.3) is 0 Å². The Balaban J connectivity index is 1.10. The molecule has 2 unspecified atom stereocenters. The van der Waals surface area contributed by atoms with E-state index in [9.17, 15) is 10.2 Å². The van der Waals surface area contributed by atoms with Crippen molar-refractivity contribution in [3.05, 3.63) is 102 Å². The van der Waals surface area contributed by atoms with Crippen molar-refractivity contribution in [2.45, 2.75) is 42.9 Å². The summed E-state index contributed by atoms with van der Waals surface area (Å²) in [5.41, 5.74) is 4.26. The van der Waals surface area contributed by atoms with E-state index in [0.717, 1.165) is 61.5 Å². The number of amidine groups is 1. The summed E-state index contributed by atoms with van der Waals surface area (Å²) in [6, 6.07) is 24.6. The highest BCUT2D eigenvalue weighted by atomic mass is 16.5. The fraction of sp³-hybridized carbons (Fsp3) is 0.344. The lowest BCUT2D eigenvalue weighted by molar-refractivity contribution is -0.0516. The van der Waals surface area contributed by atoms with E-state index in [1.165, 1.54) is 5.56 Å². The van der Waals surface area contributed by atoms with Gasteiger partial charge in [-0.15, -0.1) is 0 Å². The van der Waals surface area contributed by atoms with Gasteiger partial charge in [-0.05, 0) is 49.6 Å². The Morgan fingerprint density at radius 3 is 2.63 bits per heavy atom. The number of likely N-dealkylation sites (tertiary alicyclic amines) is 1. The molecule has 2 heterocycles. The van der Waals surface area contributed by atoms with Crippen molar-refractivity contribution in [1.29, 1.82) is 0 Å². The Morgan fingerprint density at radius 2 is 1.82 bits per heavy atom. The van der Waals surface area contributed by atoms with Crippen LogP contribution in [-0.4, -0.2) is 58.8 Å². The molecule has 3 aromatic carbocycles. The number of aromatic hydroxyl groups is 1. The zero-order valence-corrected chi connectivity index (χ0v) is 21.3. The summed E-state index contributed by atoms with van der Waals surface area (Å²) < 4.78 is 6.28. The van der Waals surface area contributed by atoms with Gasteiger partial charge in [0.2, 0.25) is 0 Å². The first-order valence-corrected chi connectivity index (χ1v) is 13.7. The highest BCUT2D eigenvalue weighted by Gasteiger charge is 2.64. The zero-order chi connectivity index (χ0) is 25.7. The number of hydrogen-bond donors (Lipinski definition) is 3. The van der Waals surface area contributed by atoms with Crippen LogP contribution < -0.4 is 10.1 Å². The normalized spacial score (nSPS) is 29.0. The number of aliphatic hydroxyl groups excluding tert-OH is 1. The molecule has 0 aromatic heterocycles. The van der Waals surface area contributed by atoms with E-state index in [1.807, 2.05) is 42.5 Å². The van der Waals surface area contributed by atoms with Crippen molar-refractivity contribution < 1.29 is 14.9 Å². The van der Waals surface area contributed by atoms with E-state index < -0.39 is 6.10 Å². The first kappa shape index (κ1) is 23.5. The predicted octanol–water partition coefficient (Wildman–Crippen LogP) is 4.52. The summed E-state index contributed by atoms with van der Waals surface area (Å²) >= 11 is 0. The highest BCUT2D eigenvalue weighted by Crippen LogP contribution is 2.62. The number of aliphatic imine (C=N–C) groups is 1. The lowest BCUT2D eigenvalue weighted by atomic mass is 9.53. The second-order valence-electron chi connectivity index (χ2n) is 10.9. The first-order valence-electron chi connectivity index (χ1n) is 13.7. The molecule has 0 radical (unpaired) electrons. The molecule has 4 aliphatic rings. The van der Waals surface area contributed by atoms with Gasteiger partial charge in [-0.3, -0.25) is 9.89 Å². The van der Waals surface area contributed by atoms with Gasteiger partial charge in [-0.2, -0.15) is 0 Å². The van der Waals surface area contributed by atoms with Crippen LogP contribution in [0.2, 0.25) is 0 Å². The van der Waals surface area contributed by atoms with E-state index in [0.29, 0.717) is 11.8 Å². The molecule has 38 heavy (non-hydrogen) atoms. The largest absolute Gasteiger partial charge is 0.504 e. The summed E-state index contributed by atoms with van der Waals surface area (Å²) in [7, 11) is 0. The third-order valence-corrected chi connectivity index (χ3v) is 8.94. The average Bonchev–Trinajstić information content (AvgIpc) is 3.31. The van der Waals surface area contributed by atoms with Crippen LogP contribution in [0, 0.1) is 5.92 Å². The molecule has 3 aromatic rings. The van der Waals surface area contributed by atoms with Gasteiger partial charge in [-0.25, -0.2) is 0 Å². The van der Waals surface area contributed by atoms with Crippen molar-refractivity contribution in [3.63, 3.8) is 0 Å². The molecule has 2 aliphatic carbocycles. The highest BCUT2D eigenvalue weighted by molar-refractivity contribution is 6.08. The maximum absolute atomic E-state index is 10.8. The third kappa shape index (κ3) is 3.66. The number of aliphatic hydroxyl groups is 1. The lowest BCUT2D eigenvalue weighted by Crippen LogP contribution is -2.65. The monoisotopic (exact) mass is 507 g/mol. The Kier molecular flexibility index (Phi) is 5.75. The topological polar surface area (TPSA) is 77.3 Å². The van der Waals surface area contributed by atoms with Crippen molar-refractivity contribution in [1.82, 2.24) is 4.90 Å². The van der Waals surface area contributed by atoms with E-state index in [2.05, 4.69) is 46.6 Å². The number of anilines is 1. The van der Waals surface area contributed by atoms with Crippen LogP contribution in [0.5, 0.6) is 11.5 Å². The molecule has 6 heteroatoms. The van der Waals surface area contributed by atoms with Crippen LogP contribution in [0.25, 0.3) is 0 Å². The van der Waals surface area contributed by atoms with Crippen LogP contribution in [0.15, 0.2) is 89.9 Å². The van der Waals surface area contributed by atoms with Crippen LogP contribution in [0.3, 0.4) is 0 Å². The quantitative estimate of drug-likeness (QED) is 0.198. The number of benzene rings is 3. The number of piperidine rings is 1. The summed E-state index contributed by atoms with van der Waals surface area (Å²) in [6.45, 7) is 2.65. The molecule has 6 nitrogen and oxygen atoms in total. The Labute approximate surface area is 223 Å². The van der Waals surface area contributed by atoms with Gasteiger partial charge in [0.1, 0.15) is 18.0 Å². The molecule has 2 aliphatic heterocycles. The van der Waals surface area contributed by atoms with Crippen LogP contribution in [-0.2, 0) is 11.8 Å². The molecule has 0 saturated carbocycles. The minimum Gasteiger partial charge on any atom is -0.504 e. The molecule has 1 fully saturated rings. The van der Waals surface area contributed by atoms with Gasteiger partial charge in [-0.1, -0.05) is 66.7 Å². The number of para-hydroxylation sites is 1. The average molecular weight is 508 g/mol. The fourth-order valence-electron chi connectivity index (χ4n) is 7.33. The Bertz CT molecular complexity index is 1390. The van der Waals surface area contributed by atoms with Gasteiger partial charge >= 0.3 is 0 Å².